The van der Waals surface area contributed by atoms with Crippen molar-refractivity contribution in [3.05, 3.63) is 57.5 Å². The minimum absolute atomic E-state index is 0.113. The van der Waals surface area contributed by atoms with Crippen molar-refractivity contribution in [2.75, 3.05) is 13.7 Å². The van der Waals surface area contributed by atoms with Crippen LogP contribution in [-0.2, 0) is 20.7 Å². The third kappa shape index (κ3) is 4.89. The summed E-state index contributed by atoms with van der Waals surface area (Å²) in [6.45, 7) is 2.09. The molecule has 1 amide bonds. The summed E-state index contributed by atoms with van der Waals surface area (Å²) >= 11 is 1.56. The number of halogens is 1. The van der Waals surface area contributed by atoms with Gasteiger partial charge in [0.15, 0.2) is 0 Å². The van der Waals surface area contributed by atoms with E-state index in [0.29, 0.717) is 5.56 Å². The second kappa shape index (κ2) is 7.87. The van der Waals surface area contributed by atoms with Gasteiger partial charge in [0.2, 0.25) is 5.91 Å². The van der Waals surface area contributed by atoms with Gasteiger partial charge in [0.25, 0.3) is 0 Å². The zero-order valence-electron chi connectivity index (χ0n) is 13.0. The average Bonchev–Trinajstić information content (AvgIpc) is 2.93. The van der Waals surface area contributed by atoms with Gasteiger partial charge in [-0.2, -0.15) is 0 Å². The summed E-state index contributed by atoms with van der Waals surface area (Å²) in [6.07, 6.45) is 0.274. The molecule has 23 heavy (non-hydrogen) atoms. The number of ether oxygens (including phenoxy) is 1. The third-order valence-electron chi connectivity index (χ3n) is 3.39. The molecule has 122 valence electrons. The highest BCUT2D eigenvalue weighted by Gasteiger charge is 2.22. The molecule has 2 rings (SSSR count). The van der Waals surface area contributed by atoms with E-state index in [4.69, 9.17) is 4.74 Å². The molecule has 0 spiro atoms. The molecule has 0 bridgehead atoms. The third-order valence-corrected chi connectivity index (χ3v) is 4.39. The van der Waals surface area contributed by atoms with Gasteiger partial charge in [-0.15, -0.1) is 11.3 Å². The van der Waals surface area contributed by atoms with Crippen LogP contribution in [-0.4, -0.2) is 25.5 Å². The van der Waals surface area contributed by atoms with Crippen LogP contribution in [0.4, 0.5) is 4.39 Å². The first-order valence-electron chi connectivity index (χ1n) is 7.15. The number of hydrogen-bond acceptors (Lipinski definition) is 4. The van der Waals surface area contributed by atoms with Crippen molar-refractivity contribution in [1.29, 1.82) is 0 Å². The van der Waals surface area contributed by atoms with Crippen LogP contribution in [0, 0.1) is 12.7 Å². The number of carbonyl (C=O) groups excluding carboxylic acids is 2. The summed E-state index contributed by atoms with van der Waals surface area (Å²) in [7, 11) is 1.29. The molecule has 1 atom stereocenters. The molecule has 1 aromatic heterocycles. The number of amides is 1. The predicted molar refractivity (Wildman–Crippen MR) is 86.9 cm³/mol. The first-order valence-corrected chi connectivity index (χ1v) is 7.96. The minimum atomic E-state index is -0.658. The molecule has 0 radical (unpaired) electrons. The Morgan fingerprint density at radius 3 is 2.48 bits per heavy atom. The van der Waals surface area contributed by atoms with Gasteiger partial charge in [-0.05, 0) is 36.8 Å². The van der Waals surface area contributed by atoms with Crippen LogP contribution >= 0.6 is 11.3 Å². The van der Waals surface area contributed by atoms with E-state index in [9.17, 15) is 14.0 Å². The molecule has 0 aliphatic carbocycles. The Morgan fingerprint density at radius 2 is 1.91 bits per heavy atom. The first kappa shape index (κ1) is 17.1. The lowest BCUT2D eigenvalue weighted by Gasteiger charge is -2.15. The molecule has 0 unspecified atom stereocenters. The fraction of sp³-hybridized carbons (Fsp3) is 0.294. The minimum Gasteiger partial charge on any atom is -0.468 e. The summed E-state index contributed by atoms with van der Waals surface area (Å²) in [4.78, 5) is 26.0. The largest absolute Gasteiger partial charge is 0.468 e. The zero-order valence-corrected chi connectivity index (χ0v) is 13.8. The van der Waals surface area contributed by atoms with E-state index >= 15 is 0 Å². The lowest BCUT2D eigenvalue weighted by Crippen LogP contribution is -2.33. The van der Waals surface area contributed by atoms with Crippen LogP contribution in [0.1, 0.15) is 21.2 Å². The summed E-state index contributed by atoms with van der Waals surface area (Å²) in [6, 6.07) is 9.47. The maximum Gasteiger partial charge on any atom is 0.314 e. The summed E-state index contributed by atoms with van der Waals surface area (Å²) in [5.41, 5.74) is 0.602. The van der Waals surface area contributed by atoms with Gasteiger partial charge in [0, 0.05) is 16.3 Å². The van der Waals surface area contributed by atoms with Gasteiger partial charge in [-0.3, -0.25) is 9.59 Å². The van der Waals surface area contributed by atoms with Crippen molar-refractivity contribution < 1.29 is 18.7 Å². The van der Waals surface area contributed by atoms with Crippen LogP contribution in [0.15, 0.2) is 36.4 Å². The Balaban J connectivity index is 1.99. The van der Waals surface area contributed by atoms with Crippen LogP contribution in [0.3, 0.4) is 0 Å². The molecule has 6 heteroatoms. The predicted octanol–water partition coefficient (Wildman–Crippen LogP) is 2.81. The number of methoxy groups -OCH3 is 1. The Hall–Kier alpha value is -2.21. The number of nitrogens with one attached hydrogen (secondary N) is 1. The van der Waals surface area contributed by atoms with Gasteiger partial charge in [0.1, 0.15) is 5.82 Å². The van der Waals surface area contributed by atoms with Crippen molar-refractivity contribution in [3.63, 3.8) is 0 Å². The fourth-order valence-electron chi connectivity index (χ4n) is 2.19. The topological polar surface area (TPSA) is 55.4 Å². The standard InChI is InChI=1S/C17H18FNO3S/c1-11-3-8-14(23-11)9-16(20)19-10-15(17(21)22-2)12-4-6-13(18)7-5-12/h3-8,15H,9-10H2,1-2H3,(H,19,20)/t15-/m1/s1. The number of rotatable bonds is 6. The molecular formula is C17H18FNO3S. The van der Waals surface area contributed by atoms with E-state index < -0.39 is 11.9 Å². The van der Waals surface area contributed by atoms with Crippen LogP contribution in [0.2, 0.25) is 0 Å². The van der Waals surface area contributed by atoms with Gasteiger partial charge in [0.05, 0.1) is 19.4 Å². The van der Waals surface area contributed by atoms with Gasteiger partial charge >= 0.3 is 5.97 Å². The molecule has 0 fully saturated rings. The van der Waals surface area contributed by atoms with Gasteiger partial charge in [-0.1, -0.05) is 12.1 Å². The van der Waals surface area contributed by atoms with Crippen LogP contribution in [0.25, 0.3) is 0 Å². The molecular weight excluding hydrogens is 317 g/mol. The molecule has 0 aliphatic rings. The maximum atomic E-state index is 13.0. The highest BCUT2D eigenvalue weighted by atomic mass is 32.1. The lowest BCUT2D eigenvalue weighted by molar-refractivity contribution is -0.142. The Labute approximate surface area is 138 Å². The monoisotopic (exact) mass is 335 g/mol. The quantitative estimate of drug-likeness (QED) is 0.826. The second-order valence-corrected chi connectivity index (χ2v) is 6.49. The lowest BCUT2D eigenvalue weighted by atomic mass is 9.99. The number of benzene rings is 1. The van der Waals surface area contributed by atoms with Gasteiger partial charge in [-0.25, -0.2) is 4.39 Å². The molecule has 0 aliphatic heterocycles. The van der Waals surface area contributed by atoms with Crippen LogP contribution < -0.4 is 5.32 Å². The van der Waals surface area contributed by atoms with E-state index in [-0.39, 0.29) is 24.7 Å². The Bertz CT molecular complexity index is 681. The van der Waals surface area contributed by atoms with E-state index in [2.05, 4.69) is 5.32 Å². The zero-order chi connectivity index (χ0) is 16.8. The van der Waals surface area contributed by atoms with Gasteiger partial charge < -0.3 is 10.1 Å². The Kier molecular flexibility index (Phi) is 5.87. The number of thiophene rings is 1. The Morgan fingerprint density at radius 1 is 1.22 bits per heavy atom. The summed E-state index contributed by atoms with van der Waals surface area (Å²) in [5, 5.41) is 2.74. The van der Waals surface area contributed by atoms with Crippen molar-refractivity contribution in [2.24, 2.45) is 0 Å². The smallest absolute Gasteiger partial charge is 0.314 e. The molecule has 1 N–H and O–H groups in total. The van der Waals surface area contributed by atoms with E-state index in [0.717, 1.165) is 9.75 Å². The number of esters is 1. The highest BCUT2D eigenvalue weighted by Crippen LogP contribution is 2.18. The number of carbonyl (C=O) groups is 2. The average molecular weight is 335 g/mol. The van der Waals surface area contributed by atoms with Crippen molar-refractivity contribution in [2.45, 2.75) is 19.3 Å². The normalized spacial score (nSPS) is 11.8. The molecule has 4 nitrogen and oxygen atoms in total. The number of hydrogen-bond donors (Lipinski definition) is 1. The van der Waals surface area contributed by atoms with Crippen molar-refractivity contribution in [1.82, 2.24) is 5.32 Å². The van der Waals surface area contributed by atoms with Crippen molar-refractivity contribution in [3.8, 4) is 0 Å². The second-order valence-electron chi connectivity index (χ2n) is 5.12. The van der Waals surface area contributed by atoms with E-state index in [1.54, 1.807) is 11.3 Å². The fourth-order valence-corrected chi connectivity index (χ4v) is 3.08. The summed E-state index contributed by atoms with van der Waals surface area (Å²) < 4.78 is 17.8. The number of aryl methyl sites for hydroxylation is 1. The van der Waals surface area contributed by atoms with E-state index in [1.807, 2.05) is 19.1 Å². The van der Waals surface area contributed by atoms with Crippen molar-refractivity contribution >= 4 is 23.2 Å². The SMILES string of the molecule is COC(=O)[C@H](CNC(=O)Cc1ccc(C)s1)c1ccc(F)cc1. The first-order chi connectivity index (χ1) is 11.0. The molecule has 0 saturated heterocycles. The molecule has 2 aromatic rings. The molecule has 1 heterocycles. The molecule has 0 saturated carbocycles. The van der Waals surface area contributed by atoms with E-state index in [1.165, 1.54) is 31.4 Å². The molecule has 1 aromatic carbocycles. The van der Waals surface area contributed by atoms with Crippen LogP contribution in [0.5, 0.6) is 0 Å². The summed E-state index contributed by atoms with van der Waals surface area (Å²) in [5.74, 6) is -1.67. The maximum absolute atomic E-state index is 13.0. The highest BCUT2D eigenvalue weighted by molar-refractivity contribution is 7.12.